The number of thioether (sulfide) groups is 1. The van der Waals surface area contributed by atoms with Crippen LogP contribution in [0.4, 0.5) is 22.7 Å². The molecule has 11 rings (SSSR count). The van der Waals surface area contributed by atoms with Gasteiger partial charge in [0.15, 0.2) is 0 Å². The third kappa shape index (κ3) is 4.61. The first-order chi connectivity index (χ1) is 26.3. The summed E-state index contributed by atoms with van der Waals surface area (Å²) in [5.74, 6) is 0.566. The molecular formula is C51H44N2S. The fourth-order valence-electron chi connectivity index (χ4n) is 10.2. The van der Waals surface area contributed by atoms with Crippen molar-refractivity contribution in [3.63, 3.8) is 0 Å². The summed E-state index contributed by atoms with van der Waals surface area (Å²) in [5.41, 5.74) is 15.6. The first kappa shape index (κ1) is 32.2. The van der Waals surface area contributed by atoms with E-state index in [2.05, 4.69) is 177 Å². The molecule has 7 aromatic rings. The van der Waals surface area contributed by atoms with Crippen molar-refractivity contribution in [1.29, 1.82) is 0 Å². The van der Waals surface area contributed by atoms with Crippen LogP contribution in [0.5, 0.6) is 0 Å². The van der Waals surface area contributed by atoms with Crippen molar-refractivity contribution in [2.75, 3.05) is 10.2 Å². The summed E-state index contributed by atoms with van der Waals surface area (Å²) in [6.45, 7) is 9.51. The van der Waals surface area contributed by atoms with Gasteiger partial charge in [-0.25, -0.2) is 0 Å². The largest absolute Gasteiger partial charge is 0.371 e. The molecule has 264 valence electrons. The molecule has 3 heteroatoms. The number of nitrogens with zero attached hydrogens (tertiary/aromatic N) is 1. The Balaban J connectivity index is 1.08. The number of benzene rings is 7. The second kappa shape index (κ2) is 11.6. The molecule has 0 bridgehead atoms. The van der Waals surface area contributed by atoms with Crippen molar-refractivity contribution in [3.8, 4) is 22.3 Å². The minimum Gasteiger partial charge on any atom is -0.371 e. The highest BCUT2D eigenvalue weighted by Crippen LogP contribution is 2.54. The van der Waals surface area contributed by atoms with Gasteiger partial charge in [-0.15, -0.1) is 0 Å². The fraction of sp³-hybridized carbons (Fsp3) is 0.216. The van der Waals surface area contributed by atoms with Crippen LogP contribution in [0.3, 0.4) is 0 Å². The second-order valence-corrected chi connectivity index (χ2v) is 18.0. The molecule has 0 saturated carbocycles. The molecule has 2 nitrogen and oxygen atoms in total. The zero-order valence-corrected chi connectivity index (χ0v) is 32.2. The quantitative estimate of drug-likeness (QED) is 0.144. The Labute approximate surface area is 322 Å². The zero-order valence-electron chi connectivity index (χ0n) is 31.4. The molecule has 7 aromatic carbocycles. The van der Waals surface area contributed by atoms with Crippen LogP contribution >= 0.6 is 11.8 Å². The molecule has 0 saturated heterocycles. The lowest BCUT2D eigenvalue weighted by Crippen LogP contribution is -2.22. The Morgan fingerprint density at radius 2 is 1.17 bits per heavy atom. The minimum atomic E-state index is -0.0891. The highest BCUT2D eigenvalue weighted by Gasteiger charge is 2.38. The molecule has 0 spiro atoms. The van der Waals surface area contributed by atoms with Gasteiger partial charge in [0.2, 0.25) is 0 Å². The van der Waals surface area contributed by atoms with Crippen molar-refractivity contribution in [1.82, 2.24) is 0 Å². The van der Waals surface area contributed by atoms with Crippen LogP contribution in [0.25, 0.3) is 43.8 Å². The Hall–Kier alpha value is -5.25. The van der Waals surface area contributed by atoms with E-state index in [9.17, 15) is 0 Å². The third-order valence-electron chi connectivity index (χ3n) is 13.1. The van der Waals surface area contributed by atoms with Crippen LogP contribution in [-0.2, 0) is 10.8 Å². The van der Waals surface area contributed by atoms with Gasteiger partial charge >= 0.3 is 0 Å². The standard InChI is InChI=1S/C51H44N2S/c1-50(2)42-16-10-8-14-38(42)40-25-22-35(29-44(40)50)53(36-23-26-41-39-15-9-11-17-43(39)51(3,4)45(41)30-36)34-21-24-37-33(28-34)19-18-31-20-27-46-48(47(31)37)52-49(54-46)32-12-6-5-7-13-32/h6,8-12,14-30,32,49,52H,5,7,13H2,1-4H3. The minimum absolute atomic E-state index is 0.0891. The molecule has 54 heavy (non-hydrogen) atoms. The summed E-state index contributed by atoms with van der Waals surface area (Å²) < 4.78 is 0. The van der Waals surface area contributed by atoms with E-state index in [1.807, 2.05) is 11.8 Å². The van der Waals surface area contributed by atoms with Crippen LogP contribution < -0.4 is 10.2 Å². The Morgan fingerprint density at radius 1 is 0.593 bits per heavy atom. The van der Waals surface area contributed by atoms with E-state index < -0.39 is 0 Å². The summed E-state index contributed by atoms with van der Waals surface area (Å²) in [7, 11) is 0. The summed E-state index contributed by atoms with van der Waals surface area (Å²) in [6, 6.07) is 48.6. The molecule has 0 fully saturated rings. The SMILES string of the molecule is CC1(C)c2ccccc2-c2ccc(N(c3ccc4c(c3)C(C)(C)c3ccccc3-4)c3ccc4c(ccc5ccc6c(c54)NC(C4C=CCCC4)S6)c3)cc21. The van der Waals surface area contributed by atoms with Crippen LogP contribution in [0.15, 0.2) is 144 Å². The lowest BCUT2D eigenvalue weighted by molar-refractivity contribution is 0.545. The van der Waals surface area contributed by atoms with Crippen LogP contribution in [-0.4, -0.2) is 5.37 Å². The van der Waals surface area contributed by atoms with Gasteiger partial charge in [-0.2, -0.15) is 0 Å². The molecule has 1 aliphatic heterocycles. The van der Waals surface area contributed by atoms with Gasteiger partial charge < -0.3 is 10.2 Å². The van der Waals surface area contributed by atoms with Crippen molar-refractivity contribution in [2.24, 2.45) is 5.92 Å². The predicted octanol–water partition coefficient (Wildman–Crippen LogP) is 14.3. The number of rotatable bonds is 4. The van der Waals surface area contributed by atoms with Crippen molar-refractivity contribution >= 4 is 56.1 Å². The molecule has 1 heterocycles. The van der Waals surface area contributed by atoms with Crippen LogP contribution in [0.1, 0.15) is 69.2 Å². The smallest absolute Gasteiger partial charge is 0.0833 e. The topological polar surface area (TPSA) is 15.3 Å². The van der Waals surface area contributed by atoms with Gasteiger partial charge in [0, 0.05) is 44.1 Å². The van der Waals surface area contributed by atoms with Crippen molar-refractivity contribution in [3.05, 3.63) is 162 Å². The number of hydrogen-bond donors (Lipinski definition) is 1. The molecule has 0 aromatic heterocycles. The Kier molecular flexibility index (Phi) is 6.93. The maximum atomic E-state index is 4.01. The first-order valence-corrected chi connectivity index (χ1v) is 20.5. The van der Waals surface area contributed by atoms with Gasteiger partial charge in [-0.05, 0) is 122 Å². The molecule has 0 amide bonds. The monoisotopic (exact) mass is 716 g/mol. The average molecular weight is 717 g/mol. The van der Waals surface area contributed by atoms with Gasteiger partial charge in [-0.3, -0.25) is 0 Å². The van der Waals surface area contributed by atoms with Crippen LogP contribution in [0.2, 0.25) is 0 Å². The van der Waals surface area contributed by atoms with E-state index in [-0.39, 0.29) is 10.8 Å². The third-order valence-corrected chi connectivity index (χ3v) is 14.4. The van der Waals surface area contributed by atoms with E-state index >= 15 is 0 Å². The number of hydrogen-bond acceptors (Lipinski definition) is 3. The maximum absolute atomic E-state index is 4.01. The molecule has 0 radical (unpaired) electrons. The lowest BCUT2D eigenvalue weighted by atomic mass is 9.82. The van der Waals surface area contributed by atoms with E-state index in [0.29, 0.717) is 11.3 Å². The number of fused-ring (bicyclic) bond motifs is 11. The lowest BCUT2D eigenvalue weighted by Gasteiger charge is -2.30. The first-order valence-electron chi connectivity index (χ1n) is 19.7. The molecular weight excluding hydrogens is 673 g/mol. The van der Waals surface area contributed by atoms with Gasteiger partial charge in [0.25, 0.3) is 0 Å². The molecule has 2 unspecified atom stereocenters. The number of allylic oxidation sites excluding steroid dienone is 1. The number of anilines is 4. The highest BCUT2D eigenvalue weighted by molar-refractivity contribution is 8.00. The van der Waals surface area contributed by atoms with Gasteiger partial charge in [0.1, 0.15) is 0 Å². The summed E-state index contributed by atoms with van der Waals surface area (Å²) in [5, 5.41) is 9.59. The van der Waals surface area contributed by atoms with Gasteiger partial charge in [0.05, 0.1) is 11.1 Å². The van der Waals surface area contributed by atoms with E-state index in [1.54, 1.807) is 0 Å². The van der Waals surface area contributed by atoms with Crippen molar-refractivity contribution in [2.45, 2.75) is 68.1 Å². The van der Waals surface area contributed by atoms with E-state index in [4.69, 9.17) is 0 Å². The van der Waals surface area contributed by atoms with Crippen LogP contribution in [0, 0.1) is 5.92 Å². The molecule has 4 aliphatic rings. The predicted molar refractivity (Wildman–Crippen MR) is 231 cm³/mol. The van der Waals surface area contributed by atoms with Gasteiger partial charge in [-0.1, -0.05) is 137 Å². The summed E-state index contributed by atoms with van der Waals surface area (Å²) >= 11 is 2.01. The molecule has 2 atom stereocenters. The zero-order chi connectivity index (χ0) is 36.3. The number of nitrogens with one attached hydrogen (secondary N) is 1. The van der Waals surface area contributed by atoms with E-state index in [1.165, 1.54) is 113 Å². The van der Waals surface area contributed by atoms with Crippen molar-refractivity contribution < 1.29 is 0 Å². The average Bonchev–Trinajstić information content (AvgIpc) is 3.82. The Morgan fingerprint density at radius 3 is 1.81 bits per heavy atom. The highest BCUT2D eigenvalue weighted by atomic mass is 32.2. The second-order valence-electron chi connectivity index (χ2n) is 16.8. The summed E-state index contributed by atoms with van der Waals surface area (Å²) in [4.78, 5) is 3.87. The normalized spacial score (nSPS) is 19.6. The maximum Gasteiger partial charge on any atom is 0.0833 e. The fourth-order valence-corrected chi connectivity index (χ4v) is 11.5. The Bertz CT molecular complexity index is 2630. The molecule has 3 aliphatic carbocycles. The van der Waals surface area contributed by atoms with E-state index in [0.717, 1.165) is 0 Å². The molecule has 1 N–H and O–H groups in total. The summed E-state index contributed by atoms with van der Waals surface area (Å²) in [6.07, 6.45) is 8.57.